The van der Waals surface area contributed by atoms with Crippen LogP contribution in [0.1, 0.15) is 18.4 Å². The van der Waals surface area contributed by atoms with E-state index in [-0.39, 0.29) is 0 Å². The fourth-order valence-electron chi connectivity index (χ4n) is 2.81. The molecule has 2 aromatic rings. The van der Waals surface area contributed by atoms with Crippen molar-refractivity contribution in [2.24, 2.45) is 5.92 Å². The van der Waals surface area contributed by atoms with Crippen LogP contribution in [-0.4, -0.2) is 23.1 Å². The van der Waals surface area contributed by atoms with Gasteiger partial charge in [0.05, 0.1) is 0 Å². The SMILES string of the molecule is Fc1cc(N2CCC(Cc3ccccc3)CC2)ncn1. The molecule has 1 aliphatic rings. The Hall–Kier alpha value is -1.97. The van der Waals surface area contributed by atoms with Gasteiger partial charge in [-0.05, 0) is 30.7 Å². The molecule has 0 N–H and O–H groups in total. The summed E-state index contributed by atoms with van der Waals surface area (Å²) in [4.78, 5) is 9.79. The maximum atomic E-state index is 13.1. The van der Waals surface area contributed by atoms with Crippen LogP contribution in [0.4, 0.5) is 10.2 Å². The van der Waals surface area contributed by atoms with Crippen molar-refractivity contribution < 1.29 is 4.39 Å². The second-order valence-electron chi connectivity index (χ2n) is 5.32. The molecule has 0 spiro atoms. The zero-order valence-electron chi connectivity index (χ0n) is 11.4. The number of aromatic nitrogens is 2. The highest BCUT2D eigenvalue weighted by atomic mass is 19.1. The molecule has 4 heteroatoms. The largest absolute Gasteiger partial charge is 0.356 e. The summed E-state index contributed by atoms with van der Waals surface area (Å²) in [6, 6.07) is 12.0. The van der Waals surface area contributed by atoms with E-state index >= 15 is 0 Å². The quantitative estimate of drug-likeness (QED) is 0.803. The first-order chi connectivity index (χ1) is 9.81. The molecule has 104 valence electrons. The number of piperidine rings is 1. The van der Waals surface area contributed by atoms with E-state index in [1.807, 2.05) is 0 Å². The smallest absolute Gasteiger partial charge is 0.218 e. The van der Waals surface area contributed by atoms with Gasteiger partial charge < -0.3 is 4.90 Å². The maximum Gasteiger partial charge on any atom is 0.218 e. The van der Waals surface area contributed by atoms with Crippen molar-refractivity contribution in [2.45, 2.75) is 19.3 Å². The second kappa shape index (κ2) is 5.99. The van der Waals surface area contributed by atoms with E-state index in [1.165, 1.54) is 18.0 Å². The Labute approximate surface area is 118 Å². The van der Waals surface area contributed by atoms with Gasteiger partial charge in [0, 0.05) is 19.2 Å². The number of nitrogens with zero attached hydrogens (tertiary/aromatic N) is 3. The molecule has 0 amide bonds. The number of rotatable bonds is 3. The topological polar surface area (TPSA) is 29.0 Å². The van der Waals surface area contributed by atoms with Gasteiger partial charge in [-0.2, -0.15) is 4.39 Å². The van der Waals surface area contributed by atoms with E-state index in [4.69, 9.17) is 0 Å². The zero-order chi connectivity index (χ0) is 13.8. The summed E-state index contributed by atoms with van der Waals surface area (Å²) < 4.78 is 13.1. The van der Waals surface area contributed by atoms with Crippen molar-refractivity contribution in [3.05, 3.63) is 54.2 Å². The second-order valence-corrected chi connectivity index (χ2v) is 5.32. The first-order valence-electron chi connectivity index (χ1n) is 7.07. The van der Waals surface area contributed by atoms with E-state index < -0.39 is 5.95 Å². The highest BCUT2D eigenvalue weighted by Gasteiger charge is 2.20. The Morgan fingerprint density at radius 2 is 1.85 bits per heavy atom. The molecule has 1 aliphatic heterocycles. The van der Waals surface area contributed by atoms with Crippen molar-refractivity contribution in [3.8, 4) is 0 Å². The molecule has 2 heterocycles. The Balaban J connectivity index is 1.57. The molecule has 20 heavy (non-hydrogen) atoms. The van der Waals surface area contributed by atoms with E-state index in [9.17, 15) is 4.39 Å². The van der Waals surface area contributed by atoms with Gasteiger partial charge in [-0.1, -0.05) is 30.3 Å². The molecule has 0 aliphatic carbocycles. The summed E-state index contributed by atoms with van der Waals surface area (Å²) in [5.74, 6) is 0.956. The summed E-state index contributed by atoms with van der Waals surface area (Å²) in [7, 11) is 0. The molecule has 1 aromatic carbocycles. The third-order valence-corrected chi connectivity index (χ3v) is 3.93. The Morgan fingerprint density at radius 3 is 2.55 bits per heavy atom. The van der Waals surface area contributed by atoms with Crippen molar-refractivity contribution in [1.29, 1.82) is 0 Å². The van der Waals surface area contributed by atoms with Crippen LogP contribution in [0.5, 0.6) is 0 Å². The van der Waals surface area contributed by atoms with Crippen molar-refractivity contribution in [2.75, 3.05) is 18.0 Å². The number of hydrogen-bond acceptors (Lipinski definition) is 3. The lowest BCUT2D eigenvalue weighted by Crippen LogP contribution is -2.34. The van der Waals surface area contributed by atoms with Crippen LogP contribution in [0.2, 0.25) is 0 Å². The van der Waals surface area contributed by atoms with Gasteiger partial charge in [0.2, 0.25) is 5.95 Å². The summed E-state index contributed by atoms with van der Waals surface area (Å²) in [6.07, 6.45) is 4.68. The molecule has 1 aromatic heterocycles. The van der Waals surface area contributed by atoms with Crippen LogP contribution < -0.4 is 4.90 Å². The Kier molecular flexibility index (Phi) is 3.90. The summed E-state index contributed by atoms with van der Waals surface area (Å²) in [5.41, 5.74) is 1.40. The molecule has 0 saturated carbocycles. The number of benzene rings is 1. The van der Waals surface area contributed by atoms with Gasteiger partial charge in [-0.15, -0.1) is 0 Å². The minimum absolute atomic E-state index is 0.457. The van der Waals surface area contributed by atoms with Crippen molar-refractivity contribution in [3.63, 3.8) is 0 Å². The van der Waals surface area contributed by atoms with Crippen molar-refractivity contribution >= 4 is 5.82 Å². The lowest BCUT2D eigenvalue weighted by molar-refractivity contribution is 0.401. The molecule has 0 radical (unpaired) electrons. The average Bonchev–Trinajstić information content (AvgIpc) is 2.49. The Bertz CT molecular complexity index is 551. The summed E-state index contributed by atoms with van der Waals surface area (Å²) in [6.45, 7) is 1.88. The lowest BCUT2D eigenvalue weighted by Gasteiger charge is -2.32. The van der Waals surface area contributed by atoms with Crippen LogP contribution >= 0.6 is 0 Å². The molecule has 3 rings (SSSR count). The molecule has 1 saturated heterocycles. The van der Waals surface area contributed by atoms with Crippen LogP contribution in [0.3, 0.4) is 0 Å². The van der Waals surface area contributed by atoms with Gasteiger partial charge in [-0.25, -0.2) is 9.97 Å². The van der Waals surface area contributed by atoms with Gasteiger partial charge >= 0.3 is 0 Å². The van der Waals surface area contributed by atoms with E-state index in [0.29, 0.717) is 11.7 Å². The minimum Gasteiger partial charge on any atom is -0.356 e. The molecule has 3 nitrogen and oxygen atoms in total. The molecule has 1 fully saturated rings. The first kappa shape index (κ1) is 13.0. The molecule has 0 atom stereocenters. The molecular weight excluding hydrogens is 253 g/mol. The normalized spacial score (nSPS) is 16.4. The first-order valence-corrected chi connectivity index (χ1v) is 7.07. The van der Waals surface area contributed by atoms with Gasteiger partial charge in [0.25, 0.3) is 0 Å². The summed E-state index contributed by atoms with van der Waals surface area (Å²) in [5, 5.41) is 0. The standard InChI is InChI=1S/C16H18FN3/c17-15-11-16(19-12-18-15)20-8-6-14(7-9-20)10-13-4-2-1-3-5-13/h1-5,11-12,14H,6-10H2. The number of anilines is 1. The van der Waals surface area contributed by atoms with Crippen LogP contribution in [0.25, 0.3) is 0 Å². The van der Waals surface area contributed by atoms with Gasteiger partial charge in [0.15, 0.2) is 0 Å². The molecule has 0 unspecified atom stereocenters. The molecular formula is C16H18FN3. The lowest BCUT2D eigenvalue weighted by atomic mass is 9.90. The predicted octanol–water partition coefficient (Wildman–Crippen LogP) is 3.07. The van der Waals surface area contributed by atoms with Crippen LogP contribution in [0, 0.1) is 11.9 Å². The zero-order valence-corrected chi connectivity index (χ0v) is 11.4. The van der Waals surface area contributed by atoms with Gasteiger partial charge in [-0.3, -0.25) is 0 Å². The van der Waals surface area contributed by atoms with E-state index in [0.717, 1.165) is 32.4 Å². The third-order valence-electron chi connectivity index (χ3n) is 3.93. The third kappa shape index (κ3) is 3.13. The number of hydrogen-bond donors (Lipinski definition) is 0. The highest BCUT2D eigenvalue weighted by Crippen LogP contribution is 2.24. The van der Waals surface area contributed by atoms with Crippen molar-refractivity contribution in [1.82, 2.24) is 9.97 Å². The average molecular weight is 271 g/mol. The van der Waals surface area contributed by atoms with E-state index in [1.54, 1.807) is 0 Å². The Morgan fingerprint density at radius 1 is 1.10 bits per heavy atom. The van der Waals surface area contributed by atoms with Gasteiger partial charge in [0.1, 0.15) is 12.1 Å². The van der Waals surface area contributed by atoms with E-state index in [2.05, 4.69) is 45.2 Å². The fraction of sp³-hybridized carbons (Fsp3) is 0.375. The molecule has 0 bridgehead atoms. The fourth-order valence-corrected chi connectivity index (χ4v) is 2.81. The number of halogens is 1. The summed E-state index contributed by atoms with van der Waals surface area (Å²) >= 11 is 0. The van der Waals surface area contributed by atoms with Crippen LogP contribution in [-0.2, 0) is 6.42 Å². The van der Waals surface area contributed by atoms with Crippen LogP contribution in [0.15, 0.2) is 42.7 Å². The highest BCUT2D eigenvalue weighted by molar-refractivity contribution is 5.37. The predicted molar refractivity (Wildman–Crippen MR) is 77.1 cm³/mol. The maximum absolute atomic E-state index is 13.1. The monoisotopic (exact) mass is 271 g/mol. The minimum atomic E-state index is -0.457.